The zero-order valence-electron chi connectivity index (χ0n) is 8.89. The van der Waals surface area contributed by atoms with Gasteiger partial charge in [-0.25, -0.2) is 0 Å². The Morgan fingerprint density at radius 1 is 1.36 bits per heavy atom. The van der Waals surface area contributed by atoms with E-state index in [-0.39, 0.29) is 0 Å². The average molecular weight is 256 g/mol. The lowest BCUT2D eigenvalue weighted by Crippen LogP contribution is -2.12. The van der Waals surface area contributed by atoms with Crippen molar-refractivity contribution >= 4 is 15.9 Å². The van der Waals surface area contributed by atoms with E-state index in [1.165, 1.54) is 16.5 Å². The van der Waals surface area contributed by atoms with Gasteiger partial charge < -0.3 is 5.32 Å². The highest BCUT2D eigenvalue weighted by atomic mass is 79.9. The van der Waals surface area contributed by atoms with Crippen LogP contribution in [0.25, 0.3) is 0 Å². The van der Waals surface area contributed by atoms with E-state index in [1.54, 1.807) is 0 Å². The second-order valence-corrected chi connectivity index (χ2v) is 4.65. The third kappa shape index (κ3) is 3.81. The number of nitrogens with one attached hydrogen (secondary N) is 1. The fraction of sp³-hybridized carbons (Fsp3) is 0.500. The molecule has 0 spiro atoms. The van der Waals surface area contributed by atoms with Crippen LogP contribution in [0.4, 0.5) is 0 Å². The predicted octanol–water partition coefficient (Wildman–Crippen LogP) is 3.24. The van der Waals surface area contributed by atoms with E-state index in [4.69, 9.17) is 0 Å². The highest BCUT2D eigenvalue weighted by Crippen LogP contribution is 2.20. The van der Waals surface area contributed by atoms with Gasteiger partial charge in [0.05, 0.1) is 0 Å². The first kappa shape index (κ1) is 11.7. The standard InChI is InChI=1S/C12H18BrN/c1-10(7-8-14-2)9-11-5-3-4-6-12(11)13/h3-6,10,14H,7-9H2,1-2H3. The van der Waals surface area contributed by atoms with Gasteiger partial charge in [0.15, 0.2) is 0 Å². The molecular weight excluding hydrogens is 238 g/mol. The molecule has 0 amide bonds. The molecule has 2 heteroatoms. The molecule has 0 aliphatic rings. The zero-order chi connectivity index (χ0) is 10.4. The Bertz CT molecular complexity index is 273. The van der Waals surface area contributed by atoms with E-state index < -0.39 is 0 Å². The maximum Gasteiger partial charge on any atom is 0.0207 e. The van der Waals surface area contributed by atoms with Crippen LogP contribution < -0.4 is 5.32 Å². The van der Waals surface area contributed by atoms with Crippen LogP contribution in [0.5, 0.6) is 0 Å². The van der Waals surface area contributed by atoms with Gasteiger partial charge in [0, 0.05) is 4.47 Å². The SMILES string of the molecule is CNCCC(C)Cc1ccccc1Br. The lowest BCUT2D eigenvalue weighted by atomic mass is 9.98. The van der Waals surface area contributed by atoms with Crippen molar-refractivity contribution in [1.29, 1.82) is 0 Å². The largest absolute Gasteiger partial charge is 0.320 e. The van der Waals surface area contributed by atoms with Crippen molar-refractivity contribution in [3.05, 3.63) is 34.3 Å². The van der Waals surface area contributed by atoms with Crippen molar-refractivity contribution in [2.75, 3.05) is 13.6 Å². The van der Waals surface area contributed by atoms with Crippen LogP contribution in [0.1, 0.15) is 18.9 Å². The number of rotatable bonds is 5. The molecule has 0 aromatic heterocycles. The van der Waals surface area contributed by atoms with Crippen LogP contribution in [-0.2, 0) is 6.42 Å². The Morgan fingerprint density at radius 2 is 2.07 bits per heavy atom. The summed E-state index contributed by atoms with van der Waals surface area (Å²) in [6.07, 6.45) is 2.39. The number of hydrogen-bond acceptors (Lipinski definition) is 1. The summed E-state index contributed by atoms with van der Waals surface area (Å²) in [6.45, 7) is 3.41. The van der Waals surface area contributed by atoms with E-state index in [0.29, 0.717) is 0 Å². The second kappa shape index (κ2) is 6.20. The van der Waals surface area contributed by atoms with Gasteiger partial charge in [-0.3, -0.25) is 0 Å². The Hall–Kier alpha value is -0.340. The average Bonchev–Trinajstić information content (AvgIpc) is 2.18. The Morgan fingerprint density at radius 3 is 2.71 bits per heavy atom. The van der Waals surface area contributed by atoms with Crippen molar-refractivity contribution < 1.29 is 0 Å². The molecule has 1 nitrogen and oxygen atoms in total. The van der Waals surface area contributed by atoms with Crippen LogP contribution in [0.15, 0.2) is 28.7 Å². The summed E-state index contributed by atoms with van der Waals surface area (Å²) in [5.41, 5.74) is 1.41. The molecule has 14 heavy (non-hydrogen) atoms. The molecule has 0 radical (unpaired) electrons. The molecular formula is C12H18BrN. The fourth-order valence-electron chi connectivity index (χ4n) is 1.53. The lowest BCUT2D eigenvalue weighted by Gasteiger charge is -2.12. The first-order chi connectivity index (χ1) is 6.74. The van der Waals surface area contributed by atoms with E-state index in [2.05, 4.69) is 52.4 Å². The molecule has 0 bridgehead atoms. The van der Waals surface area contributed by atoms with Crippen molar-refractivity contribution in [1.82, 2.24) is 5.32 Å². The molecule has 0 aliphatic carbocycles. The summed E-state index contributed by atoms with van der Waals surface area (Å²) in [4.78, 5) is 0. The molecule has 0 fully saturated rings. The molecule has 0 saturated carbocycles. The van der Waals surface area contributed by atoms with Crippen LogP contribution >= 0.6 is 15.9 Å². The summed E-state index contributed by atoms with van der Waals surface area (Å²) in [5, 5.41) is 3.19. The molecule has 1 rings (SSSR count). The Labute approximate surface area is 95.0 Å². The molecule has 1 aromatic carbocycles. The molecule has 1 unspecified atom stereocenters. The van der Waals surface area contributed by atoms with Crippen molar-refractivity contribution in [2.24, 2.45) is 5.92 Å². The Kier molecular flexibility index (Phi) is 5.20. The number of halogens is 1. The molecule has 0 aliphatic heterocycles. The molecule has 78 valence electrons. The summed E-state index contributed by atoms with van der Waals surface area (Å²) in [7, 11) is 2.01. The molecule has 1 atom stereocenters. The summed E-state index contributed by atoms with van der Waals surface area (Å²) in [6, 6.07) is 8.47. The molecule has 0 saturated heterocycles. The van der Waals surface area contributed by atoms with Gasteiger partial charge in [0.2, 0.25) is 0 Å². The molecule has 1 N–H and O–H groups in total. The zero-order valence-corrected chi connectivity index (χ0v) is 10.5. The van der Waals surface area contributed by atoms with Gasteiger partial charge in [-0.1, -0.05) is 41.1 Å². The third-order valence-corrected chi connectivity index (χ3v) is 3.19. The topological polar surface area (TPSA) is 12.0 Å². The van der Waals surface area contributed by atoms with Gasteiger partial charge in [-0.05, 0) is 44.0 Å². The van der Waals surface area contributed by atoms with Crippen molar-refractivity contribution in [3.8, 4) is 0 Å². The van der Waals surface area contributed by atoms with Crippen LogP contribution in [0.2, 0.25) is 0 Å². The van der Waals surface area contributed by atoms with Gasteiger partial charge in [-0.15, -0.1) is 0 Å². The number of benzene rings is 1. The predicted molar refractivity (Wildman–Crippen MR) is 65.6 cm³/mol. The second-order valence-electron chi connectivity index (χ2n) is 3.79. The van der Waals surface area contributed by atoms with E-state index in [9.17, 15) is 0 Å². The Balaban J connectivity index is 2.47. The minimum absolute atomic E-state index is 0.737. The highest BCUT2D eigenvalue weighted by molar-refractivity contribution is 9.10. The highest BCUT2D eigenvalue weighted by Gasteiger charge is 2.05. The van der Waals surface area contributed by atoms with Gasteiger partial charge in [0.25, 0.3) is 0 Å². The lowest BCUT2D eigenvalue weighted by molar-refractivity contribution is 0.514. The van der Waals surface area contributed by atoms with Crippen molar-refractivity contribution in [2.45, 2.75) is 19.8 Å². The summed E-state index contributed by atoms with van der Waals surface area (Å²) in [5.74, 6) is 0.737. The molecule has 1 aromatic rings. The maximum absolute atomic E-state index is 3.58. The van der Waals surface area contributed by atoms with Crippen molar-refractivity contribution in [3.63, 3.8) is 0 Å². The van der Waals surface area contributed by atoms with E-state index in [1.807, 2.05) is 7.05 Å². The maximum atomic E-state index is 3.58. The van der Waals surface area contributed by atoms with Crippen LogP contribution in [0.3, 0.4) is 0 Å². The smallest absolute Gasteiger partial charge is 0.0207 e. The minimum atomic E-state index is 0.737. The minimum Gasteiger partial charge on any atom is -0.320 e. The van der Waals surface area contributed by atoms with Gasteiger partial charge in [-0.2, -0.15) is 0 Å². The van der Waals surface area contributed by atoms with E-state index >= 15 is 0 Å². The quantitative estimate of drug-likeness (QED) is 0.852. The fourth-order valence-corrected chi connectivity index (χ4v) is 1.98. The van der Waals surface area contributed by atoms with Gasteiger partial charge in [0.1, 0.15) is 0 Å². The first-order valence-electron chi connectivity index (χ1n) is 5.12. The van der Waals surface area contributed by atoms with Crippen LogP contribution in [0, 0.1) is 5.92 Å². The summed E-state index contributed by atoms with van der Waals surface area (Å²) >= 11 is 3.58. The van der Waals surface area contributed by atoms with Gasteiger partial charge >= 0.3 is 0 Å². The third-order valence-electron chi connectivity index (χ3n) is 2.41. The van der Waals surface area contributed by atoms with E-state index in [0.717, 1.165) is 18.9 Å². The molecule has 0 heterocycles. The monoisotopic (exact) mass is 255 g/mol. The van der Waals surface area contributed by atoms with Crippen LogP contribution in [-0.4, -0.2) is 13.6 Å². The normalized spacial score (nSPS) is 12.8. The number of hydrogen-bond donors (Lipinski definition) is 1. The summed E-state index contributed by atoms with van der Waals surface area (Å²) < 4.78 is 1.23. The first-order valence-corrected chi connectivity index (χ1v) is 5.91.